The Bertz CT molecular complexity index is 891. The van der Waals surface area contributed by atoms with Crippen LogP contribution in [-0.4, -0.2) is 55.5 Å². The minimum Gasteiger partial charge on any atom is -0.449 e. The summed E-state index contributed by atoms with van der Waals surface area (Å²) in [6.45, 7) is 1.08. The number of halogens is 1. The number of carbonyl (C=O) groups excluding carboxylic acids is 1. The van der Waals surface area contributed by atoms with E-state index in [0.717, 1.165) is 0 Å². The van der Waals surface area contributed by atoms with Gasteiger partial charge in [0.25, 0.3) is 0 Å². The number of amides is 1. The van der Waals surface area contributed by atoms with Gasteiger partial charge in [0.2, 0.25) is 10.0 Å². The smallest absolute Gasteiger partial charge is 0.410 e. The molecule has 0 aromatic heterocycles. The van der Waals surface area contributed by atoms with Gasteiger partial charge in [0, 0.05) is 25.0 Å². The largest absolute Gasteiger partial charge is 0.449 e. The Labute approximate surface area is 164 Å². The summed E-state index contributed by atoms with van der Waals surface area (Å²) in [6.07, 6.45) is 8.82. The molecule has 0 bridgehead atoms. The van der Waals surface area contributed by atoms with Crippen molar-refractivity contribution in [1.29, 1.82) is 0 Å². The number of piperidine rings is 1. The van der Waals surface area contributed by atoms with Gasteiger partial charge in [0.1, 0.15) is 11.5 Å². The lowest BCUT2D eigenvalue weighted by molar-refractivity contribution is 0.00619. The van der Waals surface area contributed by atoms with Crippen molar-refractivity contribution in [3.05, 3.63) is 53.6 Å². The maximum Gasteiger partial charge on any atom is 0.410 e. The monoisotopic (exact) mass is 408 g/mol. The molecule has 4 rings (SSSR count). The van der Waals surface area contributed by atoms with Gasteiger partial charge >= 0.3 is 6.09 Å². The Morgan fingerprint density at radius 3 is 2.52 bits per heavy atom. The number of hydrogen-bond donors (Lipinski definition) is 0. The third-order valence-corrected chi connectivity index (χ3v) is 7.82. The van der Waals surface area contributed by atoms with E-state index in [-0.39, 0.29) is 34.0 Å². The van der Waals surface area contributed by atoms with E-state index in [1.807, 2.05) is 18.2 Å². The molecule has 1 amide bonds. The fourth-order valence-electron chi connectivity index (χ4n) is 4.00. The summed E-state index contributed by atoms with van der Waals surface area (Å²) in [4.78, 5) is 14.3. The molecule has 8 heteroatoms. The number of carbonyl (C=O) groups is 1. The Morgan fingerprint density at radius 1 is 1.07 bits per heavy atom. The van der Waals surface area contributed by atoms with E-state index in [0.29, 0.717) is 32.5 Å². The molecule has 2 atom stereocenters. The maximum absolute atomic E-state index is 12.9. The zero-order valence-corrected chi connectivity index (χ0v) is 16.3. The molecule has 144 valence electrons. The predicted octanol–water partition coefficient (Wildman–Crippen LogP) is 3.06. The second-order valence-electron chi connectivity index (χ2n) is 6.97. The molecule has 6 nitrogen and oxygen atoms in total. The summed E-state index contributed by atoms with van der Waals surface area (Å²) in [7, 11) is -3.64. The molecule has 3 aliphatic rings. The number of allylic oxidation sites excluding steroid dienone is 2. The molecular formula is C19H21ClN2O4S. The fraction of sp³-hybridized carbons (Fsp3) is 0.421. The number of sulfonamides is 1. The minimum absolute atomic E-state index is 0.0204. The molecule has 0 spiro atoms. The van der Waals surface area contributed by atoms with Crippen LogP contribution in [-0.2, 0) is 14.8 Å². The van der Waals surface area contributed by atoms with E-state index in [2.05, 4.69) is 6.08 Å². The van der Waals surface area contributed by atoms with Crippen LogP contribution in [0.1, 0.15) is 12.8 Å². The number of hydrogen-bond acceptors (Lipinski definition) is 4. The van der Waals surface area contributed by atoms with Crippen molar-refractivity contribution in [2.75, 3.05) is 19.7 Å². The standard InChI is InChI=1S/C19H21ClN2O4S/c20-16-6-2-4-8-18(16)27(24,25)21-11-9-15(10-12-21)22-17-7-3-1-5-14(17)13-26-19(22)23/h1-8,14-15,17H,9-13H2. The van der Waals surface area contributed by atoms with Gasteiger partial charge < -0.3 is 4.74 Å². The normalized spacial score (nSPS) is 26.7. The Morgan fingerprint density at radius 2 is 1.78 bits per heavy atom. The molecule has 2 fully saturated rings. The van der Waals surface area contributed by atoms with E-state index in [1.165, 1.54) is 10.4 Å². The van der Waals surface area contributed by atoms with Crippen molar-refractivity contribution in [2.45, 2.75) is 29.8 Å². The van der Waals surface area contributed by atoms with Crippen molar-refractivity contribution in [2.24, 2.45) is 5.92 Å². The molecule has 0 N–H and O–H groups in total. The summed E-state index contributed by atoms with van der Waals surface area (Å²) in [5.41, 5.74) is 0. The molecular weight excluding hydrogens is 388 g/mol. The van der Waals surface area contributed by atoms with Gasteiger partial charge in [-0.05, 0) is 25.0 Å². The summed E-state index contributed by atoms with van der Waals surface area (Å²) in [6, 6.07) is 6.41. The highest BCUT2D eigenvalue weighted by molar-refractivity contribution is 7.89. The maximum atomic E-state index is 12.9. The van der Waals surface area contributed by atoms with Crippen molar-refractivity contribution in [1.82, 2.24) is 9.21 Å². The molecule has 2 heterocycles. The molecule has 0 saturated carbocycles. The minimum atomic E-state index is -3.64. The Kier molecular flexibility index (Phi) is 5.01. The van der Waals surface area contributed by atoms with Crippen LogP contribution >= 0.6 is 11.6 Å². The van der Waals surface area contributed by atoms with Crippen LogP contribution in [0.3, 0.4) is 0 Å². The van der Waals surface area contributed by atoms with Gasteiger partial charge in [0.05, 0.1) is 11.1 Å². The van der Waals surface area contributed by atoms with E-state index in [1.54, 1.807) is 23.1 Å². The highest BCUT2D eigenvalue weighted by Crippen LogP contribution is 2.32. The van der Waals surface area contributed by atoms with E-state index >= 15 is 0 Å². The zero-order valence-electron chi connectivity index (χ0n) is 14.7. The van der Waals surface area contributed by atoms with Crippen LogP contribution in [0, 0.1) is 5.92 Å². The highest BCUT2D eigenvalue weighted by Gasteiger charge is 2.42. The molecule has 1 aliphatic carbocycles. The first-order valence-electron chi connectivity index (χ1n) is 9.03. The third-order valence-electron chi connectivity index (χ3n) is 5.42. The van der Waals surface area contributed by atoms with Gasteiger partial charge in [-0.15, -0.1) is 0 Å². The van der Waals surface area contributed by atoms with Crippen LogP contribution < -0.4 is 0 Å². The average Bonchev–Trinajstić information content (AvgIpc) is 2.68. The van der Waals surface area contributed by atoms with Gasteiger partial charge in [-0.2, -0.15) is 4.31 Å². The number of ether oxygens (including phenoxy) is 1. The average molecular weight is 409 g/mol. The predicted molar refractivity (Wildman–Crippen MR) is 102 cm³/mol. The SMILES string of the molecule is O=C1OCC2C=CC=CC2N1C1CCN(S(=O)(=O)c2ccccc2Cl)CC1. The first-order chi connectivity index (χ1) is 13.0. The van der Waals surface area contributed by atoms with Crippen LogP contribution in [0.25, 0.3) is 0 Å². The van der Waals surface area contributed by atoms with Crippen LogP contribution in [0.2, 0.25) is 5.02 Å². The molecule has 2 unspecified atom stereocenters. The number of cyclic esters (lactones) is 1. The lowest BCUT2D eigenvalue weighted by Crippen LogP contribution is -2.57. The fourth-order valence-corrected chi connectivity index (χ4v) is 5.97. The molecule has 2 saturated heterocycles. The Balaban J connectivity index is 1.49. The lowest BCUT2D eigenvalue weighted by atomic mass is 9.91. The molecule has 0 radical (unpaired) electrons. The first-order valence-corrected chi connectivity index (χ1v) is 10.8. The summed E-state index contributed by atoms with van der Waals surface area (Å²) < 4.78 is 32.6. The molecule has 1 aromatic carbocycles. The second kappa shape index (κ2) is 7.30. The second-order valence-corrected chi connectivity index (χ2v) is 9.29. The van der Waals surface area contributed by atoms with Gasteiger partial charge in [-0.25, -0.2) is 13.2 Å². The van der Waals surface area contributed by atoms with E-state index in [9.17, 15) is 13.2 Å². The number of fused-ring (bicyclic) bond motifs is 1. The van der Waals surface area contributed by atoms with E-state index in [4.69, 9.17) is 16.3 Å². The van der Waals surface area contributed by atoms with E-state index < -0.39 is 10.0 Å². The van der Waals surface area contributed by atoms with Gasteiger partial charge in [-0.1, -0.05) is 48.0 Å². The lowest BCUT2D eigenvalue weighted by Gasteiger charge is -2.45. The number of rotatable bonds is 3. The number of benzene rings is 1. The molecule has 27 heavy (non-hydrogen) atoms. The summed E-state index contributed by atoms with van der Waals surface area (Å²) in [5.74, 6) is 0.151. The van der Waals surface area contributed by atoms with Crippen LogP contribution in [0.4, 0.5) is 4.79 Å². The molecule has 2 aliphatic heterocycles. The van der Waals surface area contributed by atoms with Crippen molar-refractivity contribution < 1.29 is 17.9 Å². The highest BCUT2D eigenvalue weighted by atomic mass is 35.5. The van der Waals surface area contributed by atoms with Crippen molar-refractivity contribution >= 4 is 27.7 Å². The van der Waals surface area contributed by atoms with Crippen molar-refractivity contribution in [3.63, 3.8) is 0 Å². The Hall–Kier alpha value is -1.83. The summed E-state index contributed by atoms with van der Waals surface area (Å²) in [5, 5.41) is 0.223. The van der Waals surface area contributed by atoms with Crippen molar-refractivity contribution in [3.8, 4) is 0 Å². The molecule has 1 aromatic rings. The topological polar surface area (TPSA) is 66.9 Å². The van der Waals surface area contributed by atoms with Gasteiger partial charge in [-0.3, -0.25) is 4.90 Å². The number of nitrogens with zero attached hydrogens (tertiary/aromatic N) is 2. The van der Waals surface area contributed by atoms with Crippen LogP contribution in [0.15, 0.2) is 53.5 Å². The quantitative estimate of drug-likeness (QED) is 0.770. The van der Waals surface area contributed by atoms with Gasteiger partial charge in [0.15, 0.2) is 0 Å². The zero-order chi connectivity index (χ0) is 19.0. The summed E-state index contributed by atoms with van der Waals surface area (Å²) >= 11 is 6.08. The van der Waals surface area contributed by atoms with Crippen LogP contribution in [0.5, 0.6) is 0 Å². The third kappa shape index (κ3) is 3.39. The first kappa shape index (κ1) is 18.5.